The Kier molecular flexibility index (Phi) is 5.85. The lowest BCUT2D eigenvalue weighted by atomic mass is 10.2. The minimum atomic E-state index is -0.230. The van der Waals surface area contributed by atoms with Crippen molar-refractivity contribution in [3.63, 3.8) is 0 Å². The molecule has 28 heavy (non-hydrogen) atoms. The molecule has 0 radical (unpaired) electrons. The fourth-order valence-corrected chi connectivity index (χ4v) is 3.13. The summed E-state index contributed by atoms with van der Waals surface area (Å²) in [6.07, 6.45) is 1.64. The molecule has 136 valence electrons. The summed E-state index contributed by atoms with van der Waals surface area (Å²) in [6, 6.07) is 18.1. The molecule has 0 bridgehead atoms. The molecule has 7 nitrogen and oxygen atoms in total. The highest BCUT2D eigenvalue weighted by atomic mass is 32.2. The Morgan fingerprint density at radius 3 is 2.54 bits per heavy atom. The van der Waals surface area contributed by atoms with E-state index in [1.54, 1.807) is 48.7 Å². The second-order valence-corrected chi connectivity index (χ2v) is 6.73. The minimum absolute atomic E-state index is 0.230. The van der Waals surface area contributed by atoms with Crippen molar-refractivity contribution in [2.24, 2.45) is 0 Å². The van der Waals surface area contributed by atoms with Crippen LogP contribution < -0.4 is 10.6 Å². The van der Waals surface area contributed by atoms with Crippen LogP contribution in [0.4, 0.5) is 17.3 Å². The fourth-order valence-electron chi connectivity index (χ4n) is 2.32. The number of nitrogens with one attached hydrogen (secondary N) is 2. The van der Waals surface area contributed by atoms with E-state index in [1.807, 2.05) is 6.07 Å². The van der Waals surface area contributed by atoms with Gasteiger partial charge in [-0.3, -0.25) is 4.79 Å². The second kappa shape index (κ2) is 8.67. The molecule has 1 heterocycles. The number of rotatable bonds is 5. The highest BCUT2D eigenvalue weighted by Crippen LogP contribution is 2.30. The number of carbonyl (C=O) groups is 1. The molecule has 2 aromatic carbocycles. The van der Waals surface area contributed by atoms with Gasteiger partial charge in [0.15, 0.2) is 0 Å². The summed E-state index contributed by atoms with van der Waals surface area (Å²) in [7, 11) is 0. The summed E-state index contributed by atoms with van der Waals surface area (Å²) in [4.78, 5) is 20.7. The quantitative estimate of drug-likeness (QED) is 0.635. The van der Waals surface area contributed by atoms with Crippen molar-refractivity contribution >= 4 is 35.0 Å². The average Bonchev–Trinajstić information content (AvgIpc) is 2.69. The van der Waals surface area contributed by atoms with Crippen molar-refractivity contribution in [3.05, 3.63) is 65.9 Å². The molecule has 0 saturated carbocycles. The predicted octanol–water partition coefficient (Wildman–Crippen LogP) is 4.07. The molecule has 0 spiro atoms. The van der Waals surface area contributed by atoms with Gasteiger partial charge in [0.2, 0.25) is 11.9 Å². The Labute approximate surface area is 166 Å². The average molecular weight is 386 g/mol. The van der Waals surface area contributed by atoms with Gasteiger partial charge in [-0.1, -0.05) is 11.8 Å². The van der Waals surface area contributed by atoms with Gasteiger partial charge in [0.1, 0.15) is 11.1 Å². The first kappa shape index (κ1) is 18.9. The minimum Gasteiger partial charge on any atom is -0.325 e. The SMILES string of the molecule is CC(=O)Nc1ccc(Sc2ccnc(Nc3ccc(C#N)cc3)n2)cc1C#N. The fraction of sp³-hybridized carbons (Fsp3) is 0.0500. The first-order chi connectivity index (χ1) is 13.6. The van der Waals surface area contributed by atoms with Crippen molar-refractivity contribution in [2.45, 2.75) is 16.8 Å². The van der Waals surface area contributed by atoms with E-state index < -0.39 is 0 Å². The second-order valence-electron chi connectivity index (χ2n) is 5.64. The lowest BCUT2D eigenvalue weighted by Crippen LogP contribution is -2.07. The number of hydrogen-bond donors (Lipinski definition) is 2. The zero-order valence-electron chi connectivity index (χ0n) is 14.8. The van der Waals surface area contributed by atoms with Crippen LogP contribution in [0.5, 0.6) is 0 Å². The standard InChI is InChI=1S/C20H14N6OS/c1-13(27)24-18-7-6-17(10-15(18)12-22)28-19-8-9-23-20(26-19)25-16-4-2-14(11-21)3-5-16/h2-10H,1H3,(H,24,27)(H,23,25,26). The third kappa shape index (κ3) is 4.85. The molecule has 0 aliphatic carbocycles. The van der Waals surface area contributed by atoms with Crippen LogP contribution in [0.2, 0.25) is 0 Å². The molecule has 0 atom stereocenters. The molecule has 0 aliphatic heterocycles. The molecule has 0 saturated heterocycles. The Balaban J connectivity index is 1.76. The number of anilines is 3. The van der Waals surface area contributed by atoms with Gasteiger partial charge in [0.25, 0.3) is 0 Å². The van der Waals surface area contributed by atoms with Gasteiger partial charge in [0, 0.05) is 23.7 Å². The maximum absolute atomic E-state index is 11.2. The number of benzene rings is 2. The van der Waals surface area contributed by atoms with E-state index in [4.69, 9.17) is 5.26 Å². The van der Waals surface area contributed by atoms with Gasteiger partial charge in [-0.15, -0.1) is 0 Å². The Morgan fingerprint density at radius 1 is 1.07 bits per heavy atom. The van der Waals surface area contributed by atoms with E-state index >= 15 is 0 Å². The summed E-state index contributed by atoms with van der Waals surface area (Å²) in [6.45, 7) is 1.40. The topological polar surface area (TPSA) is 114 Å². The lowest BCUT2D eigenvalue weighted by molar-refractivity contribution is -0.114. The predicted molar refractivity (Wildman–Crippen MR) is 106 cm³/mol. The molecule has 3 aromatic rings. The highest BCUT2D eigenvalue weighted by molar-refractivity contribution is 7.99. The molecule has 0 aliphatic rings. The van der Waals surface area contributed by atoms with Crippen LogP contribution in [-0.2, 0) is 4.79 Å². The normalized spacial score (nSPS) is 9.82. The molecule has 8 heteroatoms. The zero-order valence-corrected chi connectivity index (χ0v) is 15.6. The summed E-state index contributed by atoms with van der Waals surface area (Å²) >= 11 is 1.38. The van der Waals surface area contributed by atoms with Crippen molar-refractivity contribution < 1.29 is 4.79 Å². The summed E-state index contributed by atoms with van der Waals surface area (Å²) in [5, 5.41) is 24.6. The van der Waals surface area contributed by atoms with Crippen molar-refractivity contribution in [1.29, 1.82) is 10.5 Å². The number of nitriles is 2. The molecular formula is C20H14N6OS. The van der Waals surface area contributed by atoms with Gasteiger partial charge in [-0.25, -0.2) is 9.97 Å². The maximum Gasteiger partial charge on any atom is 0.228 e. The van der Waals surface area contributed by atoms with E-state index in [0.29, 0.717) is 27.8 Å². The number of aromatic nitrogens is 2. The first-order valence-corrected chi connectivity index (χ1v) is 8.99. The summed E-state index contributed by atoms with van der Waals surface area (Å²) in [5.74, 6) is 0.191. The van der Waals surface area contributed by atoms with Gasteiger partial charge in [-0.05, 0) is 48.5 Å². The van der Waals surface area contributed by atoms with Gasteiger partial charge < -0.3 is 10.6 Å². The van der Waals surface area contributed by atoms with Crippen LogP contribution in [0.15, 0.2) is 64.6 Å². The number of hydrogen-bond acceptors (Lipinski definition) is 7. The lowest BCUT2D eigenvalue weighted by Gasteiger charge is -2.08. The molecule has 3 rings (SSSR count). The van der Waals surface area contributed by atoms with E-state index in [1.165, 1.54) is 18.7 Å². The summed E-state index contributed by atoms with van der Waals surface area (Å²) in [5.41, 5.74) is 2.20. The molecule has 0 fully saturated rings. The van der Waals surface area contributed by atoms with Crippen LogP contribution in [0.25, 0.3) is 0 Å². The smallest absolute Gasteiger partial charge is 0.228 e. The van der Waals surface area contributed by atoms with Crippen molar-refractivity contribution in [3.8, 4) is 12.1 Å². The van der Waals surface area contributed by atoms with E-state index in [9.17, 15) is 10.1 Å². The van der Waals surface area contributed by atoms with E-state index in [0.717, 1.165) is 10.6 Å². The summed E-state index contributed by atoms with van der Waals surface area (Å²) < 4.78 is 0. The molecule has 0 unspecified atom stereocenters. The van der Waals surface area contributed by atoms with Gasteiger partial charge in [-0.2, -0.15) is 10.5 Å². The van der Waals surface area contributed by atoms with Crippen molar-refractivity contribution in [2.75, 3.05) is 10.6 Å². The Bertz CT molecular complexity index is 1100. The third-order valence-electron chi connectivity index (χ3n) is 3.54. The van der Waals surface area contributed by atoms with Crippen LogP contribution in [-0.4, -0.2) is 15.9 Å². The monoisotopic (exact) mass is 386 g/mol. The zero-order chi connectivity index (χ0) is 19.9. The van der Waals surface area contributed by atoms with Crippen LogP contribution >= 0.6 is 11.8 Å². The van der Waals surface area contributed by atoms with E-state index in [2.05, 4.69) is 32.7 Å². The van der Waals surface area contributed by atoms with E-state index in [-0.39, 0.29) is 5.91 Å². The molecular weight excluding hydrogens is 372 g/mol. The maximum atomic E-state index is 11.2. The van der Waals surface area contributed by atoms with Gasteiger partial charge >= 0.3 is 0 Å². The van der Waals surface area contributed by atoms with Crippen LogP contribution in [0.3, 0.4) is 0 Å². The number of amides is 1. The Hall–Kier alpha value is -3.88. The van der Waals surface area contributed by atoms with Crippen molar-refractivity contribution in [1.82, 2.24) is 9.97 Å². The number of nitrogens with zero attached hydrogens (tertiary/aromatic N) is 4. The molecule has 2 N–H and O–H groups in total. The number of carbonyl (C=O) groups excluding carboxylic acids is 1. The van der Waals surface area contributed by atoms with Crippen LogP contribution in [0, 0.1) is 22.7 Å². The highest BCUT2D eigenvalue weighted by Gasteiger charge is 2.08. The Morgan fingerprint density at radius 2 is 1.86 bits per heavy atom. The van der Waals surface area contributed by atoms with Gasteiger partial charge in [0.05, 0.1) is 22.9 Å². The first-order valence-electron chi connectivity index (χ1n) is 8.17. The molecule has 1 amide bonds. The molecule has 1 aromatic heterocycles. The third-order valence-corrected chi connectivity index (χ3v) is 4.47. The largest absolute Gasteiger partial charge is 0.325 e. The van der Waals surface area contributed by atoms with Crippen LogP contribution in [0.1, 0.15) is 18.1 Å².